The van der Waals surface area contributed by atoms with Gasteiger partial charge in [0.2, 0.25) is 5.82 Å². The van der Waals surface area contributed by atoms with E-state index in [1.165, 1.54) is 0 Å². The maximum Gasteiger partial charge on any atom is 0.414 e. The number of amides is 2. The van der Waals surface area contributed by atoms with Crippen molar-refractivity contribution < 1.29 is 24.2 Å². The number of benzene rings is 2. The molecule has 1 aromatic heterocycles. The largest absolute Gasteiger partial charge is 0.480 e. The summed E-state index contributed by atoms with van der Waals surface area (Å²) in [7, 11) is 0. The third-order valence-corrected chi connectivity index (χ3v) is 6.20. The lowest BCUT2D eigenvalue weighted by Gasteiger charge is -2.17. The minimum Gasteiger partial charge on any atom is -0.480 e. The van der Waals surface area contributed by atoms with Gasteiger partial charge in [-0.05, 0) is 34.6 Å². The topological polar surface area (TPSA) is 146 Å². The zero-order valence-corrected chi connectivity index (χ0v) is 19.4. The number of H-pyrrole nitrogens is 1. The molecule has 2 atom stereocenters. The molecule has 1 aliphatic carbocycles. The Kier molecular flexibility index (Phi) is 7.09. The number of carbonyl (C=O) groups excluding carboxylic acids is 2. The number of nitrogens with one attached hydrogen (secondary N) is 3. The van der Waals surface area contributed by atoms with Crippen molar-refractivity contribution in [3.63, 3.8) is 0 Å². The van der Waals surface area contributed by atoms with Gasteiger partial charge in [-0.25, -0.2) is 9.59 Å². The van der Waals surface area contributed by atoms with Gasteiger partial charge in [-0.15, -0.1) is 5.10 Å². The van der Waals surface area contributed by atoms with Crippen LogP contribution in [0.3, 0.4) is 0 Å². The van der Waals surface area contributed by atoms with Gasteiger partial charge in [0, 0.05) is 5.92 Å². The number of anilines is 1. The average Bonchev–Trinajstić information content (AvgIpc) is 3.45. The number of carboxylic acid groups (broad SMARTS) is 1. The summed E-state index contributed by atoms with van der Waals surface area (Å²) in [5, 5.41) is 20.4. The number of carbonyl (C=O) groups is 3. The van der Waals surface area contributed by atoms with Gasteiger partial charge in [0.05, 0.1) is 0 Å². The maximum absolute atomic E-state index is 12.4. The lowest BCUT2D eigenvalue weighted by Crippen LogP contribution is -2.42. The Labute approximate surface area is 202 Å². The molecule has 1 heterocycles. The number of ether oxygens (including phenoxy) is 1. The first-order chi connectivity index (χ1) is 16.9. The van der Waals surface area contributed by atoms with Crippen LogP contribution in [0.1, 0.15) is 54.4 Å². The van der Waals surface area contributed by atoms with Gasteiger partial charge in [0.15, 0.2) is 0 Å². The molecule has 2 amide bonds. The fourth-order valence-electron chi connectivity index (χ4n) is 4.16. The molecule has 0 saturated carbocycles. The lowest BCUT2D eigenvalue weighted by molar-refractivity contribution is -0.139. The Morgan fingerprint density at radius 3 is 2.31 bits per heavy atom. The highest BCUT2D eigenvalue weighted by molar-refractivity contribution is 5.94. The monoisotopic (exact) mass is 477 g/mol. The van der Waals surface area contributed by atoms with E-state index >= 15 is 0 Å². The molecule has 2 unspecified atom stereocenters. The highest BCUT2D eigenvalue weighted by Gasteiger charge is 2.29. The van der Waals surface area contributed by atoms with E-state index in [9.17, 15) is 19.5 Å². The number of carboxylic acids is 1. The van der Waals surface area contributed by atoms with Gasteiger partial charge in [-0.2, -0.15) is 4.98 Å². The second-order valence-electron chi connectivity index (χ2n) is 8.57. The third kappa shape index (κ3) is 5.32. The zero-order valence-electron chi connectivity index (χ0n) is 19.4. The molecule has 4 N–H and O–H groups in total. The predicted molar refractivity (Wildman–Crippen MR) is 128 cm³/mol. The van der Waals surface area contributed by atoms with Crippen LogP contribution in [0.2, 0.25) is 0 Å². The minimum atomic E-state index is -1.13. The van der Waals surface area contributed by atoms with Crippen molar-refractivity contribution in [1.29, 1.82) is 0 Å². The number of hydrogen-bond donors (Lipinski definition) is 4. The van der Waals surface area contributed by atoms with Gasteiger partial charge in [0.25, 0.3) is 11.9 Å². The summed E-state index contributed by atoms with van der Waals surface area (Å²) in [6, 6.07) is 14.9. The molecule has 0 radical (unpaired) electrons. The fraction of sp³-hybridized carbons (Fsp3) is 0.320. The number of aromatic nitrogens is 3. The van der Waals surface area contributed by atoms with Crippen LogP contribution in [-0.2, 0) is 9.53 Å². The van der Waals surface area contributed by atoms with Crippen molar-refractivity contribution in [2.24, 2.45) is 5.92 Å². The standard InChI is InChI=1S/C25H27N5O5/c1-3-14(2)12-20(23(32)33)26-22(31)21-27-24(30-29-21)28-25(34)35-13-19-17-10-6-4-8-15(17)16-9-5-7-11-18(16)19/h4-11,14,19-20H,3,12-13H2,1-2H3,(H,26,31)(H,32,33)(H2,27,28,29,30,34). The first kappa shape index (κ1) is 23.9. The van der Waals surface area contributed by atoms with E-state index in [4.69, 9.17) is 4.74 Å². The van der Waals surface area contributed by atoms with Crippen molar-refractivity contribution in [1.82, 2.24) is 20.5 Å². The molecule has 10 nitrogen and oxygen atoms in total. The third-order valence-electron chi connectivity index (χ3n) is 6.20. The highest BCUT2D eigenvalue weighted by atomic mass is 16.5. The summed E-state index contributed by atoms with van der Waals surface area (Å²) in [6.07, 6.45) is 0.310. The molecular formula is C25H27N5O5. The van der Waals surface area contributed by atoms with Crippen LogP contribution >= 0.6 is 0 Å². The van der Waals surface area contributed by atoms with Crippen molar-refractivity contribution >= 4 is 23.9 Å². The molecule has 0 spiro atoms. The molecule has 0 saturated heterocycles. The number of fused-ring (bicyclic) bond motifs is 3. The van der Waals surface area contributed by atoms with Gasteiger partial charge in [-0.3, -0.25) is 15.2 Å². The van der Waals surface area contributed by atoms with E-state index < -0.39 is 24.0 Å². The number of rotatable bonds is 9. The van der Waals surface area contributed by atoms with Crippen LogP contribution in [-0.4, -0.2) is 50.9 Å². The minimum absolute atomic E-state index is 0.0971. The Balaban J connectivity index is 1.35. The number of hydrogen-bond acceptors (Lipinski definition) is 6. The van der Waals surface area contributed by atoms with E-state index in [1.807, 2.05) is 62.4 Å². The number of nitrogens with zero attached hydrogens (tertiary/aromatic N) is 2. The second kappa shape index (κ2) is 10.4. The summed E-state index contributed by atoms with van der Waals surface area (Å²) in [5.41, 5.74) is 4.41. The Morgan fingerprint density at radius 1 is 1.09 bits per heavy atom. The van der Waals surface area contributed by atoms with Gasteiger partial charge in [0.1, 0.15) is 12.6 Å². The summed E-state index contributed by atoms with van der Waals surface area (Å²) in [4.78, 5) is 40.2. The van der Waals surface area contributed by atoms with Gasteiger partial charge < -0.3 is 15.2 Å². The van der Waals surface area contributed by atoms with Crippen LogP contribution in [0.4, 0.5) is 10.7 Å². The van der Waals surface area contributed by atoms with Crippen LogP contribution in [0.15, 0.2) is 48.5 Å². The van der Waals surface area contributed by atoms with Crippen LogP contribution in [0.25, 0.3) is 11.1 Å². The first-order valence-electron chi connectivity index (χ1n) is 11.5. The smallest absolute Gasteiger partial charge is 0.414 e. The summed E-state index contributed by atoms with van der Waals surface area (Å²) in [6.45, 7) is 3.98. The lowest BCUT2D eigenvalue weighted by atomic mass is 9.98. The second-order valence-corrected chi connectivity index (χ2v) is 8.57. The van der Waals surface area contributed by atoms with E-state index in [2.05, 4.69) is 25.8 Å². The van der Waals surface area contributed by atoms with E-state index in [0.717, 1.165) is 28.7 Å². The fourth-order valence-corrected chi connectivity index (χ4v) is 4.16. The summed E-state index contributed by atoms with van der Waals surface area (Å²) < 4.78 is 5.44. The van der Waals surface area contributed by atoms with Crippen molar-refractivity contribution in [2.45, 2.75) is 38.6 Å². The molecule has 0 aliphatic heterocycles. The first-order valence-corrected chi connectivity index (χ1v) is 11.5. The van der Waals surface area contributed by atoms with Crippen LogP contribution in [0, 0.1) is 5.92 Å². The molecule has 35 heavy (non-hydrogen) atoms. The molecule has 182 valence electrons. The molecule has 10 heteroatoms. The maximum atomic E-state index is 12.4. The molecule has 2 aromatic carbocycles. The van der Waals surface area contributed by atoms with E-state index in [-0.39, 0.29) is 36.6 Å². The van der Waals surface area contributed by atoms with Crippen molar-refractivity contribution in [2.75, 3.05) is 11.9 Å². The van der Waals surface area contributed by atoms with Crippen LogP contribution in [0.5, 0.6) is 0 Å². The number of aliphatic carboxylic acids is 1. The molecule has 1 aliphatic rings. The number of aromatic amines is 1. The van der Waals surface area contributed by atoms with Crippen molar-refractivity contribution in [3.05, 3.63) is 65.5 Å². The summed E-state index contributed by atoms with van der Waals surface area (Å²) >= 11 is 0. The van der Waals surface area contributed by atoms with Crippen LogP contribution < -0.4 is 10.6 Å². The van der Waals surface area contributed by atoms with E-state index in [0.29, 0.717) is 0 Å². The SMILES string of the molecule is CCC(C)CC(NC(=O)c1nc(NC(=O)OCC2c3ccccc3-c3ccccc32)n[nH]1)C(=O)O. The molecule has 3 aromatic rings. The highest BCUT2D eigenvalue weighted by Crippen LogP contribution is 2.44. The Hall–Kier alpha value is -4.21. The Morgan fingerprint density at radius 2 is 1.71 bits per heavy atom. The normalized spacial score (nSPS) is 13.9. The van der Waals surface area contributed by atoms with Crippen molar-refractivity contribution in [3.8, 4) is 11.1 Å². The molecular weight excluding hydrogens is 450 g/mol. The zero-order chi connectivity index (χ0) is 24.9. The van der Waals surface area contributed by atoms with E-state index in [1.54, 1.807) is 0 Å². The molecule has 0 fully saturated rings. The molecule has 0 bridgehead atoms. The van der Waals surface area contributed by atoms with Gasteiger partial charge >= 0.3 is 12.1 Å². The predicted octanol–water partition coefficient (Wildman–Crippen LogP) is 3.78. The summed E-state index contributed by atoms with van der Waals surface area (Å²) in [5.74, 6) is -2.20. The quantitative estimate of drug-likeness (QED) is 0.367. The Bertz CT molecular complexity index is 1190. The average molecular weight is 478 g/mol. The molecule has 4 rings (SSSR count). The van der Waals surface area contributed by atoms with Gasteiger partial charge in [-0.1, -0.05) is 68.8 Å².